The van der Waals surface area contributed by atoms with Crippen molar-refractivity contribution in [3.63, 3.8) is 0 Å². The van der Waals surface area contributed by atoms with Crippen LogP contribution in [0.25, 0.3) is 0 Å². The number of aryl methyl sites for hydroxylation is 1. The number of hydrogen-bond donors (Lipinski definition) is 1. The normalized spacial score (nSPS) is 22.1. The summed E-state index contributed by atoms with van der Waals surface area (Å²) in [5, 5.41) is 4.10. The number of alkyl halides is 3. The fraction of sp³-hybridized carbons (Fsp3) is 0.429. The molecule has 112 valence electrons. The third-order valence-electron chi connectivity index (χ3n) is 4.03. The van der Waals surface area contributed by atoms with Crippen LogP contribution in [0.5, 0.6) is 0 Å². The summed E-state index contributed by atoms with van der Waals surface area (Å²) in [6, 6.07) is 5.53. The van der Waals surface area contributed by atoms with Crippen molar-refractivity contribution in [2.45, 2.75) is 37.9 Å². The smallest absolute Gasteiger partial charge is 0.366 e. The monoisotopic (exact) mass is 296 g/mol. The molecule has 1 aromatic heterocycles. The molecular weight excluding hydrogens is 281 g/mol. The molecule has 1 aliphatic heterocycles. The predicted molar refractivity (Wildman–Crippen MR) is 71.7 cm³/mol. The standard InChI is InChI=1S/C14H15F3N4/c1-8-9(6-7-12-19-13(18)20-21(8)12)10-4-2-3-5-11(10)14(15,16)17/h2-5,8-9H,6-7H2,1H3,(H2,18,20). The summed E-state index contributed by atoms with van der Waals surface area (Å²) in [5.74, 6) is 0.652. The molecule has 0 saturated heterocycles. The van der Waals surface area contributed by atoms with Gasteiger partial charge < -0.3 is 5.73 Å². The third kappa shape index (κ3) is 2.36. The molecule has 0 saturated carbocycles. The highest BCUT2D eigenvalue weighted by Crippen LogP contribution is 2.42. The van der Waals surface area contributed by atoms with Crippen molar-refractivity contribution in [1.29, 1.82) is 0 Å². The summed E-state index contributed by atoms with van der Waals surface area (Å²) in [7, 11) is 0. The van der Waals surface area contributed by atoms with Crippen LogP contribution >= 0.6 is 0 Å². The predicted octanol–water partition coefficient (Wildman–Crippen LogP) is 3.17. The number of anilines is 1. The Balaban J connectivity index is 2.03. The second kappa shape index (κ2) is 4.75. The van der Waals surface area contributed by atoms with Gasteiger partial charge in [-0.1, -0.05) is 18.2 Å². The van der Waals surface area contributed by atoms with E-state index in [0.717, 1.165) is 11.9 Å². The molecule has 0 fully saturated rings. The summed E-state index contributed by atoms with van der Waals surface area (Å²) < 4.78 is 41.2. The van der Waals surface area contributed by atoms with E-state index in [1.54, 1.807) is 16.8 Å². The maximum atomic E-state index is 13.2. The lowest BCUT2D eigenvalue weighted by Crippen LogP contribution is -2.26. The van der Waals surface area contributed by atoms with Crippen LogP contribution in [0, 0.1) is 0 Å². The highest BCUT2D eigenvalue weighted by Gasteiger charge is 2.38. The van der Waals surface area contributed by atoms with Gasteiger partial charge in [-0.3, -0.25) is 0 Å². The van der Waals surface area contributed by atoms with Gasteiger partial charge in [-0.15, -0.1) is 5.10 Å². The van der Waals surface area contributed by atoms with Gasteiger partial charge in [0.1, 0.15) is 5.82 Å². The number of nitrogens with zero attached hydrogens (tertiary/aromatic N) is 3. The summed E-state index contributed by atoms with van der Waals surface area (Å²) in [5.41, 5.74) is 5.33. The summed E-state index contributed by atoms with van der Waals surface area (Å²) in [4.78, 5) is 4.11. The van der Waals surface area contributed by atoms with Gasteiger partial charge in [-0.2, -0.15) is 18.2 Å². The van der Waals surface area contributed by atoms with Gasteiger partial charge in [0.15, 0.2) is 0 Å². The topological polar surface area (TPSA) is 56.7 Å². The quantitative estimate of drug-likeness (QED) is 0.879. The van der Waals surface area contributed by atoms with E-state index in [1.165, 1.54) is 6.07 Å². The Morgan fingerprint density at radius 1 is 1.29 bits per heavy atom. The lowest BCUT2D eigenvalue weighted by atomic mass is 9.83. The molecule has 0 aliphatic carbocycles. The Kier molecular flexibility index (Phi) is 3.15. The van der Waals surface area contributed by atoms with E-state index in [4.69, 9.17) is 5.73 Å². The van der Waals surface area contributed by atoms with Crippen LogP contribution in [0.15, 0.2) is 24.3 Å². The zero-order valence-corrected chi connectivity index (χ0v) is 11.4. The Morgan fingerprint density at radius 3 is 2.71 bits per heavy atom. The SMILES string of the molecule is CC1C(c2ccccc2C(F)(F)F)CCc2nc(N)nn21. The molecule has 2 unspecified atom stereocenters. The maximum Gasteiger partial charge on any atom is 0.416 e. The Labute approximate surface area is 119 Å². The molecule has 7 heteroatoms. The summed E-state index contributed by atoms with van der Waals surface area (Å²) >= 11 is 0. The number of aromatic nitrogens is 3. The lowest BCUT2D eigenvalue weighted by Gasteiger charge is -2.31. The molecule has 1 aromatic carbocycles. The van der Waals surface area contributed by atoms with E-state index in [9.17, 15) is 13.2 Å². The molecule has 0 amide bonds. The number of nitrogen functional groups attached to an aromatic ring is 1. The van der Waals surface area contributed by atoms with Crippen LogP contribution in [0.3, 0.4) is 0 Å². The zero-order valence-electron chi connectivity index (χ0n) is 11.4. The van der Waals surface area contributed by atoms with Gasteiger partial charge >= 0.3 is 6.18 Å². The Bertz CT molecular complexity index is 662. The van der Waals surface area contributed by atoms with Crippen molar-refractivity contribution in [2.75, 3.05) is 5.73 Å². The second-order valence-electron chi connectivity index (χ2n) is 5.30. The number of benzene rings is 1. The van der Waals surface area contributed by atoms with E-state index in [-0.39, 0.29) is 17.9 Å². The minimum Gasteiger partial charge on any atom is -0.366 e. The number of halogens is 3. The molecule has 4 nitrogen and oxygen atoms in total. The first kappa shape index (κ1) is 13.9. The fourth-order valence-corrected chi connectivity index (χ4v) is 3.06. The molecule has 2 atom stereocenters. The first-order valence-corrected chi connectivity index (χ1v) is 6.75. The van der Waals surface area contributed by atoms with Gasteiger partial charge in [-0.25, -0.2) is 4.68 Å². The highest BCUT2D eigenvalue weighted by molar-refractivity contribution is 5.34. The number of nitrogens with two attached hydrogens (primary N) is 1. The number of hydrogen-bond acceptors (Lipinski definition) is 3. The van der Waals surface area contributed by atoms with Crippen LogP contribution in [0.1, 0.15) is 42.3 Å². The van der Waals surface area contributed by atoms with Gasteiger partial charge in [0.05, 0.1) is 11.6 Å². The molecule has 2 N–H and O–H groups in total. The average Bonchev–Trinajstić information content (AvgIpc) is 2.80. The van der Waals surface area contributed by atoms with Crippen molar-refractivity contribution in [3.05, 3.63) is 41.2 Å². The van der Waals surface area contributed by atoms with E-state index in [1.807, 2.05) is 6.92 Å². The summed E-state index contributed by atoms with van der Waals surface area (Å²) in [6.07, 6.45) is -3.17. The number of rotatable bonds is 1. The minimum absolute atomic E-state index is 0.168. The first-order chi connectivity index (χ1) is 9.88. The average molecular weight is 296 g/mol. The Morgan fingerprint density at radius 2 is 2.00 bits per heavy atom. The van der Waals surface area contributed by atoms with E-state index >= 15 is 0 Å². The second-order valence-corrected chi connectivity index (χ2v) is 5.30. The largest absolute Gasteiger partial charge is 0.416 e. The van der Waals surface area contributed by atoms with Crippen molar-refractivity contribution < 1.29 is 13.2 Å². The van der Waals surface area contributed by atoms with Crippen molar-refractivity contribution >= 4 is 5.95 Å². The zero-order chi connectivity index (χ0) is 15.2. The van der Waals surface area contributed by atoms with E-state index in [2.05, 4.69) is 10.1 Å². The van der Waals surface area contributed by atoms with Gasteiger partial charge in [0.2, 0.25) is 5.95 Å². The Hall–Kier alpha value is -2.05. The van der Waals surface area contributed by atoms with Gasteiger partial charge in [-0.05, 0) is 25.0 Å². The minimum atomic E-state index is -4.35. The molecule has 3 rings (SSSR count). The lowest BCUT2D eigenvalue weighted by molar-refractivity contribution is -0.138. The molecule has 2 aromatic rings. The summed E-state index contributed by atoms with van der Waals surface area (Å²) in [6.45, 7) is 1.86. The van der Waals surface area contributed by atoms with Crippen molar-refractivity contribution in [3.8, 4) is 0 Å². The molecule has 0 spiro atoms. The first-order valence-electron chi connectivity index (χ1n) is 6.75. The van der Waals surface area contributed by atoms with Crippen LogP contribution < -0.4 is 5.73 Å². The third-order valence-corrected chi connectivity index (χ3v) is 4.03. The van der Waals surface area contributed by atoms with Crippen LogP contribution in [0.4, 0.5) is 19.1 Å². The van der Waals surface area contributed by atoms with Gasteiger partial charge in [0.25, 0.3) is 0 Å². The molecule has 2 heterocycles. The van der Waals surface area contributed by atoms with Crippen molar-refractivity contribution in [2.24, 2.45) is 0 Å². The molecule has 0 bridgehead atoms. The van der Waals surface area contributed by atoms with Gasteiger partial charge in [0, 0.05) is 12.3 Å². The molecule has 1 aliphatic rings. The van der Waals surface area contributed by atoms with E-state index in [0.29, 0.717) is 18.4 Å². The van der Waals surface area contributed by atoms with Crippen LogP contribution in [-0.4, -0.2) is 14.8 Å². The van der Waals surface area contributed by atoms with E-state index < -0.39 is 11.7 Å². The van der Waals surface area contributed by atoms with Crippen LogP contribution in [-0.2, 0) is 12.6 Å². The number of fused-ring (bicyclic) bond motifs is 1. The highest BCUT2D eigenvalue weighted by atomic mass is 19.4. The van der Waals surface area contributed by atoms with Crippen LogP contribution in [0.2, 0.25) is 0 Å². The maximum absolute atomic E-state index is 13.2. The molecule has 0 radical (unpaired) electrons. The fourth-order valence-electron chi connectivity index (χ4n) is 3.06. The molecule has 21 heavy (non-hydrogen) atoms. The molecular formula is C14H15F3N4. The van der Waals surface area contributed by atoms with Crippen molar-refractivity contribution in [1.82, 2.24) is 14.8 Å².